The lowest BCUT2D eigenvalue weighted by Crippen LogP contribution is -2.15. The van der Waals surface area contributed by atoms with E-state index >= 15 is 0 Å². The first-order valence-electron chi connectivity index (χ1n) is 6.66. The highest BCUT2D eigenvalue weighted by molar-refractivity contribution is 7.90. The Bertz CT molecular complexity index is 868. The molecule has 3 rings (SSSR count). The minimum atomic E-state index is -3.61. The minimum absolute atomic E-state index is 0.0559. The summed E-state index contributed by atoms with van der Waals surface area (Å²) in [6.07, 6.45) is 1.39. The lowest BCUT2D eigenvalue weighted by atomic mass is 10.4. The summed E-state index contributed by atoms with van der Waals surface area (Å²) in [5.74, 6) is -0.195. The number of hydrogen-bond donors (Lipinski definition) is 0. The lowest BCUT2D eigenvalue weighted by Gasteiger charge is -2.05. The average molecular weight is 370 g/mol. The number of aromatic nitrogens is 4. The van der Waals surface area contributed by atoms with E-state index in [4.69, 9.17) is 4.74 Å². The highest BCUT2D eigenvalue weighted by Gasteiger charge is 2.23. The molecular weight excluding hydrogens is 356 g/mol. The van der Waals surface area contributed by atoms with E-state index in [0.717, 1.165) is 10.6 Å². The van der Waals surface area contributed by atoms with E-state index < -0.39 is 9.84 Å². The van der Waals surface area contributed by atoms with E-state index in [-0.39, 0.29) is 10.9 Å². The SMILES string of the molecule is COCCn1cnnc1S(=O)(=O)Cc1csc(-c2ccsc2)n1. The van der Waals surface area contributed by atoms with Gasteiger partial charge >= 0.3 is 0 Å². The quantitative estimate of drug-likeness (QED) is 0.633. The first-order valence-corrected chi connectivity index (χ1v) is 10.1. The molecule has 3 heterocycles. The first-order chi connectivity index (χ1) is 11.1. The summed E-state index contributed by atoms with van der Waals surface area (Å²) in [5.41, 5.74) is 1.52. The Morgan fingerprint density at radius 1 is 1.35 bits per heavy atom. The fourth-order valence-electron chi connectivity index (χ4n) is 1.98. The predicted molar refractivity (Wildman–Crippen MR) is 88.2 cm³/mol. The van der Waals surface area contributed by atoms with Crippen LogP contribution in [-0.2, 0) is 26.9 Å². The van der Waals surface area contributed by atoms with E-state index in [1.807, 2.05) is 16.8 Å². The molecule has 0 aliphatic heterocycles. The van der Waals surface area contributed by atoms with Crippen LogP contribution in [0.4, 0.5) is 0 Å². The van der Waals surface area contributed by atoms with Crippen molar-refractivity contribution in [2.24, 2.45) is 0 Å². The van der Waals surface area contributed by atoms with Gasteiger partial charge in [-0.05, 0) is 11.4 Å². The minimum Gasteiger partial charge on any atom is -0.383 e. The van der Waals surface area contributed by atoms with E-state index in [0.29, 0.717) is 18.8 Å². The molecule has 0 amide bonds. The third-order valence-electron chi connectivity index (χ3n) is 3.05. The van der Waals surface area contributed by atoms with Crippen LogP contribution in [0.25, 0.3) is 10.6 Å². The number of sulfone groups is 1. The van der Waals surface area contributed by atoms with Crippen LogP contribution in [-0.4, -0.2) is 41.9 Å². The zero-order valence-electron chi connectivity index (χ0n) is 12.2. The third-order valence-corrected chi connectivity index (χ3v) is 6.22. The average Bonchev–Trinajstić information content (AvgIpc) is 3.25. The zero-order chi connectivity index (χ0) is 16.3. The van der Waals surface area contributed by atoms with Gasteiger partial charge in [0.25, 0.3) is 0 Å². The van der Waals surface area contributed by atoms with Crippen molar-refractivity contribution in [3.05, 3.63) is 34.2 Å². The summed E-state index contributed by atoms with van der Waals surface area (Å²) in [5, 5.41) is 13.9. The van der Waals surface area contributed by atoms with Crippen LogP contribution >= 0.6 is 22.7 Å². The fourth-order valence-corrected chi connectivity index (χ4v) is 4.95. The van der Waals surface area contributed by atoms with Crippen LogP contribution in [0.5, 0.6) is 0 Å². The Balaban J connectivity index is 1.80. The topological polar surface area (TPSA) is 87.0 Å². The Morgan fingerprint density at radius 2 is 2.22 bits per heavy atom. The van der Waals surface area contributed by atoms with Gasteiger partial charge in [0.05, 0.1) is 12.3 Å². The van der Waals surface area contributed by atoms with Crippen molar-refractivity contribution < 1.29 is 13.2 Å². The lowest BCUT2D eigenvalue weighted by molar-refractivity contribution is 0.184. The number of nitrogens with zero attached hydrogens (tertiary/aromatic N) is 4. The number of hydrogen-bond acceptors (Lipinski definition) is 8. The molecule has 10 heteroatoms. The molecule has 0 atom stereocenters. The Hall–Kier alpha value is -1.62. The summed E-state index contributed by atoms with van der Waals surface area (Å²) in [6.45, 7) is 0.773. The van der Waals surface area contributed by atoms with Crippen molar-refractivity contribution in [2.75, 3.05) is 13.7 Å². The normalized spacial score (nSPS) is 11.9. The number of thiazole rings is 1. The zero-order valence-corrected chi connectivity index (χ0v) is 14.7. The fraction of sp³-hybridized carbons (Fsp3) is 0.308. The van der Waals surface area contributed by atoms with E-state index in [2.05, 4.69) is 15.2 Å². The molecular formula is C13H14N4O3S3. The molecule has 0 spiro atoms. The molecule has 0 aliphatic rings. The molecule has 0 unspecified atom stereocenters. The second-order valence-corrected chi connectivity index (χ2v) is 8.24. The summed E-state index contributed by atoms with van der Waals surface area (Å²) < 4.78 is 31.5. The summed E-state index contributed by atoms with van der Waals surface area (Å²) in [4.78, 5) is 4.40. The number of methoxy groups -OCH3 is 1. The number of ether oxygens (including phenoxy) is 1. The molecule has 0 radical (unpaired) electrons. The molecule has 3 aromatic heterocycles. The van der Waals surface area contributed by atoms with Crippen molar-refractivity contribution in [2.45, 2.75) is 17.5 Å². The monoisotopic (exact) mass is 370 g/mol. The van der Waals surface area contributed by atoms with Gasteiger partial charge in [0.2, 0.25) is 15.0 Å². The smallest absolute Gasteiger partial charge is 0.249 e. The molecule has 0 bridgehead atoms. The first kappa shape index (κ1) is 16.2. The van der Waals surface area contributed by atoms with Gasteiger partial charge < -0.3 is 9.30 Å². The molecule has 23 heavy (non-hydrogen) atoms. The van der Waals surface area contributed by atoms with Crippen molar-refractivity contribution in [3.8, 4) is 10.6 Å². The molecule has 0 saturated carbocycles. The van der Waals surface area contributed by atoms with Gasteiger partial charge in [0, 0.05) is 30.0 Å². The van der Waals surface area contributed by atoms with Crippen LogP contribution in [0.2, 0.25) is 0 Å². The maximum Gasteiger partial charge on any atom is 0.249 e. The molecule has 7 nitrogen and oxygen atoms in total. The van der Waals surface area contributed by atoms with Gasteiger partial charge in [-0.3, -0.25) is 0 Å². The van der Waals surface area contributed by atoms with Crippen LogP contribution < -0.4 is 0 Å². The summed E-state index contributed by atoms with van der Waals surface area (Å²) >= 11 is 3.01. The van der Waals surface area contributed by atoms with E-state index in [1.165, 1.54) is 22.2 Å². The predicted octanol–water partition coefficient (Wildman–Crippen LogP) is 2.08. The van der Waals surface area contributed by atoms with Crippen LogP contribution in [0.1, 0.15) is 5.69 Å². The van der Waals surface area contributed by atoms with Gasteiger partial charge in [-0.25, -0.2) is 13.4 Å². The third kappa shape index (κ3) is 3.66. The second-order valence-electron chi connectivity index (χ2n) is 4.71. The van der Waals surface area contributed by atoms with Crippen molar-refractivity contribution in [1.82, 2.24) is 19.7 Å². The Labute approximate surface area is 141 Å². The number of rotatable bonds is 7. The molecule has 0 saturated heterocycles. The van der Waals surface area contributed by atoms with Crippen LogP contribution in [0, 0.1) is 0 Å². The molecule has 0 aromatic carbocycles. The maximum absolute atomic E-state index is 12.5. The van der Waals surface area contributed by atoms with Gasteiger partial charge in [-0.1, -0.05) is 0 Å². The van der Waals surface area contributed by atoms with Crippen molar-refractivity contribution in [1.29, 1.82) is 0 Å². The van der Waals surface area contributed by atoms with Gasteiger partial charge in [0.15, 0.2) is 0 Å². The van der Waals surface area contributed by atoms with Crippen molar-refractivity contribution >= 4 is 32.5 Å². The largest absolute Gasteiger partial charge is 0.383 e. The van der Waals surface area contributed by atoms with Crippen molar-refractivity contribution in [3.63, 3.8) is 0 Å². The van der Waals surface area contributed by atoms with E-state index in [1.54, 1.807) is 23.8 Å². The van der Waals surface area contributed by atoms with E-state index in [9.17, 15) is 8.42 Å². The molecule has 122 valence electrons. The van der Waals surface area contributed by atoms with Gasteiger partial charge in [0.1, 0.15) is 17.1 Å². The number of thiophene rings is 1. The van der Waals surface area contributed by atoms with Crippen LogP contribution in [0.15, 0.2) is 33.7 Å². The molecule has 0 N–H and O–H groups in total. The Kier molecular flexibility index (Phi) is 4.85. The highest BCUT2D eigenvalue weighted by Crippen LogP contribution is 2.27. The van der Waals surface area contributed by atoms with Gasteiger partial charge in [-0.15, -0.1) is 21.5 Å². The second kappa shape index (κ2) is 6.87. The maximum atomic E-state index is 12.5. The van der Waals surface area contributed by atoms with Gasteiger partial charge in [-0.2, -0.15) is 11.3 Å². The highest BCUT2D eigenvalue weighted by atomic mass is 32.2. The summed E-state index contributed by atoms with van der Waals surface area (Å²) in [6, 6.07) is 1.96. The van der Waals surface area contributed by atoms with Crippen LogP contribution in [0.3, 0.4) is 0 Å². The Morgan fingerprint density at radius 3 is 2.96 bits per heavy atom. The molecule has 0 aliphatic carbocycles. The summed E-state index contributed by atoms with van der Waals surface area (Å²) in [7, 11) is -2.05. The molecule has 0 fully saturated rings. The standard InChI is InChI=1S/C13H14N4O3S3/c1-20-4-3-17-9-14-16-13(17)23(18,19)8-11-7-22-12(15-11)10-2-5-21-6-10/h2,5-7,9H,3-4,8H2,1H3. The molecule has 3 aromatic rings.